The van der Waals surface area contributed by atoms with E-state index in [2.05, 4.69) is 26.7 Å². The molecule has 136 valence electrons. The van der Waals surface area contributed by atoms with E-state index in [4.69, 9.17) is 4.52 Å². The average Bonchev–Trinajstić information content (AvgIpc) is 3.29. The van der Waals surface area contributed by atoms with Crippen LogP contribution in [0.2, 0.25) is 0 Å². The number of para-hydroxylation sites is 2. The number of thioether (sulfide) groups is 1. The second-order valence-corrected chi connectivity index (χ2v) is 7.57. The molecule has 0 saturated heterocycles. The van der Waals surface area contributed by atoms with E-state index < -0.39 is 0 Å². The van der Waals surface area contributed by atoms with E-state index in [0.717, 1.165) is 66.0 Å². The quantitative estimate of drug-likeness (QED) is 0.692. The Bertz CT molecular complexity index is 884. The van der Waals surface area contributed by atoms with Gasteiger partial charge in [0.2, 0.25) is 0 Å². The first-order chi connectivity index (χ1) is 12.8. The number of nitrogens with one attached hydrogen (secondary N) is 2. The molecular formula is C19H22N4O2S. The van der Waals surface area contributed by atoms with Gasteiger partial charge in [0.25, 0.3) is 5.91 Å². The number of amides is 1. The van der Waals surface area contributed by atoms with Crippen LogP contribution in [0.4, 0.5) is 0 Å². The summed E-state index contributed by atoms with van der Waals surface area (Å²) in [5.74, 6) is 2.40. The molecule has 0 fully saturated rings. The Balaban J connectivity index is 1.58. The van der Waals surface area contributed by atoms with Crippen molar-refractivity contribution < 1.29 is 9.32 Å². The van der Waals surface area contributed by atoms with Crippen LogP contribution in [0.1, 0.15) is 52.9 Å². The third-order valence-electron chi connectivity index (χ3n) is 4.82. The van der Waals surface area contributed by atoms with Gasteiger partial charge in [-0.2, -0.15) is 11.8 Å². The van der Waals surface area contributed by atoms with Crippen molar-refractivity contribution in [2.24, 2.45) is 0 Å². The maximum Gasteiger partial charge on any atom is 0.274 e. The molecule has 0 bridgehead atoms. The fourth-order valence-electron chi connectivity index (χ4n) is 3.44. The van der Waals surface area contributed by atoms with Gasteiger partial charge in [0, 0.05) is 12.0 Å². The van der Waals surface area contributed by atoms with Crippen molar-refractivity contribution in [3.8, 4) is 0 Å². The number of aromatic amines is 1. The summed E-state index contributed by atoms with van der Waals surface area (Å²) in [5.41, 5.74) is 3.29. The van der Waals surface area contributed by atoms with Gasteiger partial charge in [0.1, 0.15) is 11.6 Å². The van der Waals surface area contributed by atoms with Gasteiger partial charge < -0.3 is 14.8 Å². The lowest BCUT2D eigenvalue weighted by Crippen LogP contribution is -2.31. The normalized spacial score (nSPS) is 15.0. The molecule has 1 aliphatic carbocycles. The lowest BCUT2D eigenvalue weighted by Gasteiger charge is -2.16. The van der Waals surface area contributed by atoms with Crippen LogP contribution in [-0.4, -0.2) is 33.0 Å². The minimum atomic E-state index is -0.182. The Hall–Kier alpha value is -2.28. The van der Waals surface area contributed by atoms with E-state index >= 15 is 0 Å². The zero-order valence-corrected chi connectivity index (χ0v) is 15.6. The number of nitrogens with zero attached hydrogens (tertiary/aromatic N) is 2. The lowest BCUT2D eigenvalue weighted by molar-refractivity contribution is 0.0924. The van der Waals surface area contributed by atoms with E-state index in [0.29, 0.717) is 5.69 Å². The minimum Gasteiger partial charge on any atom is -0.360 e. The molecule has 0 aliphatic heterocycles. The number of carbonyl (C=O) groups excluding carboxylic acids is 1. The number of hydrogen-bond acceptors (Lipinski definition) is 5. The van der Waals surface area contributed by atoms with Gasteiger partial charge in [0.05, 0.1) is 17.1 Å². The van der Waals surface area contributed by atoms with Gasteiger partial charge in [0.15, 0.2) is 5.69 Å². The highest BCUT2D eigenvalue weighted by Crippen LogP contribution is 2.25. The van der Waals surface area contributed by atoms with Crippen LogP contribution in [0.15, 0.2) is 28.8 Å². The number of carbonyl (C=O) groups is 1. The summed E-state index contributed by atoms with van der Waals surface area (Å²) >= 11 is 1.75. The summed E-state index contributed by atoms with van der Waals surface area (Å²) < 4.78 is 5.39. The molecule has 3 aromatic rings. The number of H-pyrrole nitrogens is 1. The largest absolute Gasteiger partial charge is 0.360 e. The number of aromatic nitrogens is 3. The van der Waals surface area contributed by atoms with Crippen molar-refractivity contribution in [2.75, 3.05) is 12.0 Å². The highest BCUT2D eigenvalue weighted by atomic mass is 32.2. The van der Waals surface area contributed by atoms with Crippen LogP contribution >= 0.6 is 11.8 Å². The van der Waals surface area contributed by atoms with Crippen LogP contribution in [0.25, 0.3) is 11.0 Å². The molecular weight excluding hydrogens is 348 g/mol. The van der Waals surface area contributed by atoms with E-state index in [1.165, 1.54) is 0 Å². The fourth-order valence-corrected chi connectivity index (χ4v) is 3.91. The van der Waals surface area contributed by atoms with Crippen LogP contribution in [0.5, 0.6) is 0 Å². The molecule has 1 unspecified atom stereocenters. The molecule has 1 atom stereocenters. The number of benzene rings is 1. The van der Waals surface area contributed by atoms with Crippen molar-refractivity contribution in [3.63, 3.8) is 0 Å². The molecule has 0 radical (unpaired) electrons. The van der Waals surface area contributed by atoms with Gasteiger partial charge in [-0.05, 0) is 49.8 Å². The van der Waals surface area contributed by atoms with Gasteiger partial charge in [-0.3, -0.25) is 4.79 Å². The topological polar surface area (TPSA) is 83.8 Å². The van der Waals surface area contributed by atoms with E-state index in [9.17, 15) is 4.79 Å². The minimum absolute atomic E-state index is 0.177. The Morgan fingerprint density at radius 3 is 3.04 bits per heavy atom. The van der Waals surface area contributed by atoms with Crippen molar-refractivity contribution in [1.29, 1.82) is 0 Å². The van der Waals surface area contributed by atoms with Gasteiger partial charge in [-0.1, -0.05) is 17.3 Å². The second kappa shape index (κ2) is 7.53. The van der Waals surface area contributed by atoms with Gasteiger partial charge in [-0.15, -0.1) is 0 Å². The fraction of sp³-hybridized carbons (Fsp3) is 0.421. The molecule has 0 saturated carbocycles. The van der Waals surface area contributed by atoms with Crippen molar-refractivity contribution in [1.82, 2.24) is 20.4 Å². The maximum absolute atomic E-state index is 12.9. The zero-order chi connectivity index (χ0) is 17.9. The average molecular weight is 370 g/mol. The molecule has 26 heavy (non-hydrogen) atoms. The predicted molar refractivity (Wildman–Crippen MR) is 102 cm³/mol. The van der Waals surface area contributed by atoms with Gasteiger partial charge >= 0.3 is 0 Å². The smallest absolute Gasteiger partial charge is 0.274 e. The van der Waals surface area contributed by atoms with E-state index in [1.54, 1.807) is 11.8 Å². The summed E-state index contributed by atoms with van der Waals surface area (Å²) in [6.45, 7) is 0. The molecule has 4 rings (SSSR count). The van der Waals surface area contributed by atoms with Crippen LogP contribution < -0.4 is 5.32 Å². The molecule has 7 heteroatoms. The Morgan fingerprint density at radius 1 is 1.35 bits per heavy atom. The van der Waals surface area contributed by atoms with Crippen LogP contribution in [-0.2, 0) is 12.8 Å². The van der Waals surface area contributed by atoms with Crippen LogP contribution in [0.3, 0.4) is 0 Å². The van der Waals surface area contributed by atoms with E-state index in [-0.39, 0.29) is 11.9 Å². The summed E-state index contributed by atoms with van der Waals surface area (Å²) in [6.07, 6.45) is 6.77. The lowest BCUT2D eigenvalue weighted by atomic mass is 9.96. The van der Waals surface area contributed by atoms with E-state index in [1.807, 2.05) is 24.3 Å². The molecule has 6 nitrogen and oxygen atoms in total. The second-order valence-electron chi connectivity index (χ2n) is 6.59. The first-order valence-corrected chi connectivity index (χ1v) is 10.4. The van der Waals surface area contributed by atoms with Crippen molar-refractivity contribution in [3.05, 3.63) is 47.1 Å². The number of fused-ring (bicyclic) bond motifs is 2. The Morgan fingerprint density at radius 2 is 2.19 bits per heavy atom. The predicted octanol–water partition coefficient (Wildman–Crippen LogP) is 3.65. The molecule has 2 aromatic heterocycles. The van der Waals surface area contributed by atoms with Gasteiger partial charge in [-0.25, -0.2) is 4.98 Å². The first kappa shape index (κ1) is 17.1. The summed E-state index contributed by atoms with van der Waals surface area (Å²) in [7, 11) is 0. The SMILES string of the molecule is CSCCC(NC(=O)c1noc2c1CCCC2)c1nc2ccccc2[nH]1. The number of hydrogen-bond donors (Lipinski definition) is 2. The summed E-state index contributed by atoms with van der Waals surface area (Å²) in [6, 6.07) is 7.72. The molecule has 0 spiro atoms. The highest BCUT2D eigenvalue weighted by molar-refractivity contribution is 7.98. The number of rotatable bonds is 6. The maximum atomic E-state index is 12.9. The molecule has 2 N–H and O–H groups in total. The highest BCUT2D eigenvalue weighted by Gasteiger charge is 2.26. The third-order valence-corrected chi connectivity index (χ3v) is 5.46. The summed E-state index contributed by atoms with van der Waals surface area (Å²) in [5, 5.41) is 7.16. The first-order valence-electron chi connectivity index (χ1n) is 8.98. The molecule has 1 amide bonds. The van der Waals surface area contributed by atoms with Crippen molar-refractivity contribution in [2.45, 2.75) is 38.1 Å². The Labute approximate surface area is 156 Å². The Kier molecular flexibility index (Phi) is 4.97. The molecule has 1 aliphatic rings. The molecule has 1 aromatic carbocycles. The molecule has 2 heterocycles. The summed E-state index contributed by atoms with van der Waals surface area (Å²) in [4.78, 5) is 20.9. The number of aryl methyl sites for hydroxylation is 1. The number of imidazole rings is 1. The monoisotopic (exact) mass is 370 g/mol. The van der Waals surface area contributed by atoms with Crippen LogP contribution in [0, 0.1) is 0 Å². The standard InChI is InChI=1S/C19H22N4O2S/c1-26-11-10-15(18-20-13-7-3-4-8-14(13)21-18)22-19(24)17-12-6-2-5-9-16(12)25-23-17/h3-4,7-8,15H,2,5-6,9-11H2,1H3,(H,20,21)(H,22,24). The van der Waals surface area contributed by atoms with Crippen molar-refractivity contribution >= 4 is 28.7 Å². The third kappa shape index (κ3) is 3.35. The zero-order valence-electron chi connectivity index (χ0n) is 14.7.